The van der Waals surface area contributed by atoms with Gasteiger partial charge in [0.25, 0.3) is 0 Å². The molecule has 0 bridgehead atoms. The number of halogens is 1. The first kappa shape index (κ1) is 13.5. The Kier molecular flexibility index (Phi) is 4.76. The number of aryl methyl sites for hydroxylation is 1. The second-order valence-corrected chi connectivity index (χ2v) is 5.78. The predicted octanol–water partition coefficient (Wildman–Crippen LogP) is 1.87. The highest BCUT2D eigenvalue weighted by atomic mass is 79.9. The zero-order valence-corrected chi connectivity index (χ0v) is 12.3. The Hall–Kier alpha value is -0.890. The third kappa shape index (κ3) is 3.32. The molecule has 1 atom stereocenters. The third-order valence-corrected chi connectivity index (χ3v) is 4.17. The molecular weight excluding hydrogens is 314 g/mol. The van der Waals surface area contributed by atoms with Crippen molar-refractivity contribution in [3.05, 3.63) is 40.6 Å². The number of benzene rings is 1. The van der Waals surface area contributed by atoms with Crippen molar-refractivity contribution < 1.29 is 0 Å². The van der Waals surface area contributed by atoms with E-state index in [1.807, 2.05) is 19.2 Å². The second-order valence-electron chi connectivity index (χ2n) is 3.77. The Morgan fingerprint density at radius 2 is 2.17 bits per heavy atom. The molecule has 0 aliphatic carbocycles. The number of nitrogens with zero attached hydrogens (tertiary/aromatic N) is 3. The first-order valence-electron chi connectivity index (χ1n) is 5.40. The number of hydrogen-bond donors (Lipinski definition) is 2. The topological polar surface area (TPSA) is 68.8 Å². The fourth-order valence-corrected chi connectivity index (χ4v) is 2.76. The molecule has 0 saturated carbocycles. The SMILES string of the molecule is Cn1nncc1C(CSc1ccc(Br)cc1)NN. The summed E-state index contributed by atoms with van der Waals surface area (Å²) in [7, 11) is 1.86. The summed E-state index contributed by atoms with van der Waals surface area (Å²) < 4.78 is 2.81. The van der Waals surface area contributed by atoms with Gasteiger partial charge in [0.2, 0.25) is 0 Å². The molecule has 18 heavy (non-hydrogen) atoms. The van der Waals surface area contributed by atoms with Crippen LogP contribution in [-0.2, 0) is 7.05 Å². The van der Waals surface area contributed by atoms with Gasteiger partial charge >= 0.3 is 0 Å². The Bertz CT molecular complexity index is 498. The van der Waals surface area contributed by atoms with Crippen LogP contribution in [0.15, 0.2) is 39.8 Å². The van der Waals surface area contributed by atoms with Gasteiger partial charge in [0.15, 0.2) is 0 Å². The van der Waals surface area contributed by atoms with Gasteiger partial charge in [-0.15, -0.1) is 16.9 Å². The molecule has 0 aliphatic heterocycles. The number of thioether (sulfide) groups is 1. The fourth-order valence-electron chi connectivity index (χ4n) is 1.54. The lowest BCUT2D eigenvalue weighted by atomic mass is 10.3. The number of nitrogens with two attached hydrogens (primary N) is 1. The van der Waals surface area contributed by atoms with Gasteiger partial charge in [0.1, 0.15) is 0 Å². The summed E-state index contributed by atoms with van der Waals surface area (Å²) in [6.07, 6.45) is 1.73. The van der Waals surface area contributed by atoms with Crippen LogP contribution in [0.1, 0.15) is 11.7 Å². The van der Waals surface area contributed by atoms with Crippen LogP contribution >= 0.6 is 27.7 Å². The zero-order chi connectivity index (χ0) is 13.0. The average Bonchev–Trinajstić information content (AvgIpc) is 2.79. The predicted molar refractivity (Wildman–Crippen MR) is 75.9 cm³/mol. The molecule has 0 amide bonds. The average molecular weight is 328 g/mol. The van der Waals surface area contributed by atoms with Crippen molar-refractivity contribution in [1.29, 1.82) is 0 Å². The van der Waals surface area contributed by atoms with E-state index in [-0.39, 0.29) is 6.04 Å². The normalized spacial score (nSPS) is 12.6. The lowest BCUT2D eigenvalue weighted by molar-refractivity contribution is 0.551. The molecule has 96 valence electrons. The molecule has 5 nitrogen and oxygen atoms in total. The Labute approximate surface area is 118 Å². The summed E-state index contributed by atoms with van der Waals surface area (Å²) in [6, 6.07) is 8.23. The lowest BCUT2D eigenvalue weighted by Gasteiger charge is -2.14. The smallest absolute Gasteiger partial charge is 0.0775 e. The maximum atomic E-state index is 5.58. The van der Waals surface area contributed by atoms with Crippen molar-refractivity contribution in [2.24, 2.45) is 12.9 Å². The zero-order valence-electron chi connectivity index (χ0n) is 9.88. The van der Waals surface area contributed by atoms with Crippen LogP contribution in [0.2, 0.25) is 0 Å². The van der Waals surface area contributed by atoms with E-state index in [2.05, 4.69) is 43.8 Å². The number of nitrogens with one attached hydrogen (secondary N) is 1. The minimum atomic E-state index is 0.0265. The fraction of sp³-hybridized carbons (Fsp3) is 0.273. The van der Waals surface area contributed by atoms with Crippen molar-refractivity contribution in [2.45, 2.75) is 10.9 Å². The van der Waals surface area contributed by atoms with Gasteiger partial charge in [-0.25, -0.2) is 0 Å². The molecule has 0 aliphatic rings. The van der Waals surface area contributed by atoms with Crippen molar-refractivity contribution in [2.75, 3.05) is 5.75 Å². The van der Waals surface area contributed by atoms with Crippen LogP contribution in [0.5, 0.6) is 0 Å². The lowest BCUT2D eigenvalue weighted by Crippen LogP contribution is -2.31. The summed E-state index contributed by atoms with van der Waals surface area (Å²) >= 11 is 5.16. The quantitative estimate of drug-likeness (QED) is 0.498. The highest BCUT2D eigenvalue weighted by molar-refractivity contribution is 9.10. The van der Waals surface area contributed by atoms with E-state index in [0.29, 0.717) is 0 Å². The van der Waals surface area contributed by atoms with Crippen molar-refractivity contribution >= 4 is 27.7 Å². The summed E-state index contributed by atoms with van der Waals surface area (Å²) in [4.78, 5) is 1.20. The summed E-state index contributed by atoms with van der Waals surface area (Å²) in [5, 5.41) is 7.77. The van der Waals surface area contributed by atoms with Crippen LogP contribution in [0.3, 0.4) is 0 Å². The van der Waals surface area contributed by atoms with Crippen molar-refractivity contribution in [3.8, 4) is 0 Å². The van der Waals surface area contributed by atoms with Gasteiger partial charge < -0.3 is 0 Å². The Morgan fingerprint density at radius 1 is 1.44 bits per heavy atom. The molecule has 2 rings (SSSR count). The van der Waals surface area contributed by atoms with Crippen LogP contribution in [0, 0.1) is 0 Å². The summed E-state index contributed by atoms with van der Waals surface area (Å²) in [6.45, 7) is 0. The summed E-state index contributed by atoms with van der Waals surface area (Å²) in [5.41, 5.74) is 3.77. The monoisotopic (exact) mass is 327 g/mol. The molecule has 7 heteroatoms. The van der Waals surface area contributed by atoms with Crippen LogP contribution in [0.4, 0.5) is 0 Å². The molecule has 0 fully saturated rings. The number of hydrazine groups is 1. The number of aromatic nitrogens is 3. The molecule has 1 heterocycles. The van der Waals surface area contributed by atoms with E-state index in [1.165, 1.54) is 4.90 Å². The van der Waals surface area contributed by atoms with Gasteiger partial charge in [-0.3, -0.25) is 16.0 Å². The maximum Gasteiger partial charge on any atom is 0.0775 e. The molecule has 1 unspecified atom stereocenters. The Balaban J connectivity index is 2.00. The molecule has 0 radical (unpaired) electrons. The number of rotatable bonds is 5. The van der Waals surface area contributed by atoms with E-state index in [9.17, 15) is 0 Å². The van der Waals surface area contributed by atoms with Gasteiger partial charge in [-0.2, -0.15) is 0 Å². The minimum Gasteiger partial charge on any atom is -0.271 e. The Morgan fingerprint density at radius 3 is 2.72 bits per heavy atom. The first-order valence-corrected chi connectivity index (χ1v) is 7.17. The van der Waals surface area contributed by atoms with Gasteiger partial charge in [-0.05, 0) is 24.3 Å². The van der Waals surface area contributed by atoms with E-state index in [4.69, 9.17) is 5.84 Å². The summed E-state index contributed by atoms with van der Waals surface area (Å²) in [5.74, 6) is 6.40. The molecule has 0 saturated heterocycles. The third-order valence-electron chi connectivity index (χ3n) is 2.54. The maximum absolute atomic E-state index is 5.58. The molecule has 1 aromatic heterocycles. The van der Waals surface area contributed by atoms with E-state index in [1.54, 1.807) is 22.6 Å². The van der Waals surface area contributed by atoms with Crippen LogP contribution < -0.4 is 11.3 Å². The van der Waals surface area contributed by atoms with E-state index in [0.717, 1.165) is 15.9 Å². The highest BCUT2D eigenvalue weighted by Crippen LogP contribution is 2.25. The van der Waals surface area contributed by atoms with Gasteiger partial charge in [0.05, 0.1) is 17.9 Å². The molecule has 0 spiro atoms. The molecule has 3 N–H and O–H groups in total. The van der Waals surface area contributed by atoms with Gasteiger partial charge in [-0.1, -0.05) is 21.1 Å². The molecule has 2 aromatic rings. The van der Waals surface area contributed by atoms with Crippen molar-refractivity contribution in [3.63, 3.8) is 0 Å². The van der Waals surface area contributed by atoms with Gasteiger partial charge in [0, 0.05) is 22.2 Å². The standard InChI is InChI=1S/C11H14BrN5S/c1-17-11(6-14-16-17)10(15-13)7-18-9-4-2-8(12)3-5-9/h2-6,10,15H,7,13H2,1H3. The highest BCUT2D eigenvalue weighted by Gasteiger charge is 2.14. The first-order chi connectivity index (χ1) is 8.70. The van der Waals surface area contributed by atoms with Crippen molar-refractivity contribution in [1.82, 2.24) is 20.4 Å². The largest absolute Gasteiger partial charge is 0.271 e. The minimum absolute atomic E-state index is 0.0265. The molecule has 1 aromatic carbocycles. The van der Waals surface area contributed by atoms with Crippen LogP contribution in [-0.4, -0.2) is 20.7 Å². The van der Waals surface area contributed by atoms with E-state index < -0.39 is 0 Å². The van der Waals surface area contributed by atoms with Crippen LogP contribution in [0.25, 0.3) is 0 Å². The van der Waals surface area contributed by atoms with E-state index >= 15 is 0 Å². The second kappa shape index (κ2) is 6.33. The molecular formula is C11H14BrN5S. The number of hydrogen-bond acceptors (Lipinski definition) is 5.